The first-order valence-corrected chi connectivity index (χ1v) is 7.63. The molecule has 0 spiro atoms. The molecule has 1 rings (SSSR count). The van der Waals surface area contributed by atoms with Crippen molar-refractivity contribution in [2.45, 2.75) is 63.8 Å². The summed E-state index contributed by atoms with van der Waals surface area (Å²) >= 11 is 0. The van der Waals surface area contributed by atoms with Gasteiger partial charge in [0.05, 0.1) is 24.3 Å². The van der Waals surface area contributed by atoms with Crippen LogP contribution >= 0.6 is 0 Å². The smallest absolute Gasteiger partial charge is 0.407 e. The van der Waals surface area contributed by atoms with E-state index >= 15 is 0 Å². The fraction of sp³-hybridized carbons (Fsp3) is 0.917. The van der Waals surface area contributed by atoms with Crippen molar-refractivity contribution < 1.29 is 19.4 Å². The molecule has 1 saturated heterocycles. The molecule has 0 aliphatic carbocycles. The summed E-state index contributed by atoms with van der Waals surface area (Å²) in [6, 6.07) is -0.264. The molecule has 0 saturated carbocycles. The minimum atomic E-state index is -0.981. The summed E-state index contributed by atoms with van der Waals surface area (Å²) in [6.07, 6.45) is -1.10. The van der Waals surface area contributed by atoms with Crippen molar-refractivity contribution in [2.75, 3.05) is 6.54 Å². The lowest BCUT2D eigenvalue weighted by molar-refractivity contribution is 0.0219. The van der Waals surface area contributed by atoms with E-state index in [9.17, 15) is 9.90 Å². The zero-order valence-corrected chi connectivity index (χ0v) is 13.3. The molecule has 0 aromatic rings. The Bertz CT molecular complexity index is 314. The highest BCUT2D eigenvalue weighted by molar-refractivity contribution is 6.31. The Morgan fingerprint density at radius 1 is 1.33 bits per heavy atom. The van der Waals surface area contributed by atoms with Crippen LogP contribution in [-0.4, -0.2) is 55.3 Å². The lowest BCUT2D eigenvalue weighted by Crippen LogP contribution is -2.50. The molecule has 2 unspecified atom stereocenters. The number of nitrogens with zero attached hydrogens (tertiary/aromatic N) is 1. The van der Waals surface area contributed by atoms with Gasteiger partial charge in [0.15, 0.2) is 9.76 Å². The lowest BCUT2D eigenvalue weighted by atomic mass is 9.96. The number of carbonyl (C=O) groups is 1. The van der Waals surface area contributed by atoms with Gasteiger partial charge in [0, 0.05) is 0 Å². The maximum absolute atomic E-state index is 11.2. The van der Waals surface area contributed by atoms with Crippen molar-refractivity contribution in [1.82, 2.24) is 4.90 Å². The van der Waals surface area contributed by atoms with Crippen molar-refractivity contribution in [2.24, 2.45) is 0 Å². The number of hydrogen-bond donors (Lipinski definition) is 2. The molecule has 2 N–H and O–H groups in total. The number of rotatable bonds is 3. The van der Waals surface area contributed by atoms with Crippen LogP contribution in [0.5, 0.6) is 0 Å². The van der Waals surface area contributed by atoms with Gasteiger partial charge in [-0.1, -0.05) is 20.8 Å². The highest BCUT2D eigenvalue weighted by atomic mass is 28.2. The number of β-amino-alcohol motifs (C(OH)–C–C–N with tert-alkyl or cyclic N) is 1. The summed E-state index contributed by atoms with van der Waals surface area (Å²) in [4.78, 5) is 12.5. The first-order valence-electron chi connectivity index (χ1n) is 6.34. The summed E-state index contributed by atoms with van der Waals surface area (Å²) in [7, 11) is -0.754. The summed E-state index contributed by atoms with van der Waals surface area (Å²) in [5.74, 6) is 0. The summed E-state index contributed by atoms with van der Waals surface area (Å²) in [5, 5.41) is 19.0. The van der Waals surface area contributed by atoms with Gasteiger partial charge in [0.2, 0.25) is 0 Å². The number of aliphatic hydroxyl groups is 1. The molecule has 0 aromatic heterocycles. The van der Waals surface area contributed by atoms with Gasteiger partial charge in [-0.2, -0.15) is 0 Å². The normalized spacial score (nSPS) is 26.2. The molecule has 18 heavy (non-hydrogen) atoms. The van der Waals surface area contributed by atoms with E-state index in [1.54, 1.807) is 0 Å². The maximum Gasteiger partial charge on any atom is 0.407 e. The van der Waals surface area contributed by atoms with E-state index in [2.05, 4.69) is 20.8 Å². The van der Waals surface area contributed by atoms with Gasteiger partial charge in [-0.25, -0.2) is 4.79 Å². The SMILES string of the molecule is CC(C)(C)[SiH2]OC(C)(C)C1CC(O)CN1C(=O)O. The molecule has 1 amide bonds. The molecule has 0 bridgehead atoms. The fourth-order valence-electron chi connectivity index (χ4n) is 2.18. The van der Waals surface area contributed by atoms with E-state index < -0.39 is 27.6 Å². The van der Waals surface area contributed by atoms with Crippen LogP contribution < -0.4 is 0 Å². The third kappa shape index (κ3) is 3.96. The van der Waals surface area contributed by atoms with E-state index in [0.29, 0.717) is 6.42 Å². The molecular weight excluding hydrogens is 250 g/mol. The molecule has 5 nitrogen and oxygen atoms in total. The Balaban J connectivity index is 2.73. The quantitative estimate of drug-likeness (QED) is 0.759. The molecule has 0 aromatic carbocycles. The monoisotopic (exact) mass is 275 g/mol. The van der Waals surface area contributed by atoms with Crippen molar-refractivity contribution in [3.05, 3.63) is 0 Å². The van der Waals surface area contributed by atoms with Crippen LogP contribution in [0.1, 0.15) is 41.0 Å². The molecule has 2 atom stereocenters. The van der Waals surface area contributed by atoms with Gasteiger partial charge in [0.25, 0.3) is 0 Å². The molecule has 6 heteroatoms. The number of amides is 1. The largest absolute Gasteiger partial charge is 0.465 e. The van der Waals surface area contributed by atoms with E-state index in [1.807, 2.05) is 13.8 Å². The van der Waals surface area contributed by atoms with Crippen LogP contribution in [-0.2, 0) is 4.43 Å². The Kier molecular flexibility index (Phi) is 4.45. The van der Waals surface area contributed by atoms with Crippen LogP contribution in [0.4, 0.5) is 4.79 Å². The van der Waals surface area contributed by atoms with Crippen LogP contribution in [0, 0.1) is 0 Å². The average Bonchev–Trinajstić information content (AvgIpc) is 2.57. The van der Waals surface area contributed by atoms with E-state index in [0.717, 1.165) is 0 Å². The Morgan fingerprint density at radius 3 is 2.33 bits per heavy atom. The second-order valence-electron chi connectivity index (χ2n) is 6.79. The van der Waals surface area contributed by atoms with Crippen molar-refractivity contribution in [1.29, 1.82) is 0 Å². The molecular formula is C12H25NO4Si. The fourth-order valence-corrected chi connectivity index (χ4v) is 3.18. The topological polar surface area (TPSA) is 70.0 Å². The zero-order valence-electron chi connectivity index (χ0n) is 11.9. The van der Waals surface area contributed by atoms with Gasteiger partial charge in [0.1, 0.15) is 0 Å². The minimum Gasteiger partial charge on any atom is -0.465 e. The zero-order chi connectivity index (χ0) is 14.1. The second kappa shape index (κ2) is 5.18. The van der Waals surface area contributed by atoms with Gasteiger partial charge in [-0.3, -0.25) is 4.90 Å². The number of hydrogen-bond acceptors (Lipinski definition) is 3. The van der Waals surface area contributed by atoms with Gasteiger partial charge in [-0.15, -0.1) is 0 Å². The minimum absolute atomic E-state index is 0.169. The van der Waals surface area contributed by atoms with Crippen LogP contribution in [0.25, 0.3) is 0 Å². The van der Waals surface area contributed by atoms with Gasteiger partial charge in [-0.05, 0) is 25.3 Å². The molecule has 106 valence electrons. The Hall–Kier alpha value is -0.593. The van der Waals surface area contributed by atoms with Crippen LogP contribution in [0.15, 0.2) is 0 Å². The summed E-state index contributed by atoms with van der Waals surface area (Å²) in [5.41, 5.74) is -0.532. The van der Waals surface area contributed by atoms with E-state index in [4.69, 9.17) is 9.53 Å². The average molecular weight is 275 g/mol. The molecule has 0 radical (unpaired) electrons. The van der Waals surface area contributed by atoms with Crippen molar-refractivity contribution >= 4 is 15.9 Å². The van der Waals surface area contributed by atoms with Crippen molar-refractivity contribution in [3.63, 3.8) is 0 Å². The van der Waals surface area contributed by atoms with E-state index in [1.165, 1.54) is 4.90 Å². The van der Waals surface area contributed by atoms with E-state index in [-0.39, 0.29) is 17.6 Å². The number of likely N-dealkylation sites (tertiary alicyclic amines) is 1. The predicted octanol–water partition coefficient (Wildman–Crippen LogP) is 1.20. The number of aliphatic hydroxyl groups excluding tert-OH is 1. The maximum atomic E-state index is 11.2. The first-order chi connectivity index (χ1) is 8.03. The van der Waals surface area contributed by atoms with Gasteiger partial charge >= 0.3 is 6.09 Å². The third-order valence-electron chi connectivity index (χ3n) is 3.20. The Labute approximate surface area is 111 Å². The highest BCUT2D eigenvalue weighted by Gasteiger charge is 2.44. The standard InChI is InChI=1S/C12H25NO4Si/c1-11(2,3)18-17-12(4,5)9-6-8(14)7-13(9)10(15)16/h8-9,14H,6-7,18H2,1-5H3,(H,15,16). The molecule has 1 aliphatic rings. The Morgan fingerprint density at radius 2 is 1.89 bits per heavy atom. The molecule has 1 heterocycles. The predicted molar refractivity (Wildman–Crippen MR) is 72.6 cm³/mol. The summed E-state index contributed by atoms with van der Waals surface area (Å²) < 4.78 is 6.03. The van der Waals surface area contributed by atoms with Crippen LogP contribution in [0.2, 0.25) is 5.04 Å². The molecule has 1 aliphatic heterocycles. The summed E-state index contributed by atoms with van der Waals surface area (Å²) in [6.45, 7) is 10.4. The second-order valence-corrected chi connectivity index (χ2v) is 9.49. The third-order valence-corrected chi connectivity index (χ3v) is 4.96. The lowest BCUT2D eigenvalue weighted by Gasteiger charge is -2.38. The highest BCUT2D eigenvalue weighted by Crippen LogP contribution is 2.32. The molecule has 1 fully saturated rings. The first kappa shape index (κ1) is 15.5. The van der Waals surface area contributed by atoms with Crippen LogP contribution in [0.3, 0.4) is 0 Å². The van der Waals surface area contributed by atoms with Gasteiger partial charge < -0.3 is 14.6 Å². The van der Waals surface area contributed by atoms with Crippen molar-refractivity contribution in [3.8, 4) is 0 Å². The number of carboxylic acid groups (broad SMARTS) is 1.